The Morgan fingerprint density at radius 1 is 0.788 bits per heavy atom. The van der Waals surface area contributed by atoms with Gasteiger partial charge in [-0.25, -0.2) is 0 Å². The van der Waals surface area contributed by atoms with Crippen LogP contribution in [0.1, 0.15) is 41.5 Å². The Hall–Kier alpha value is -1.60. The van der Waals surface area contributed by atoms with Gasteiger partial charge >= 0.3 is 11.9 Å². The van der Waals surface area contributed by atoms with Crippen molar-refractivity contribution in [2.45, 2.75) is 102 Å². The molecule has 0 spiro atoms. The molecule has 4 aliphatic heterocycles. The Morgan fingerprint density at radius 2 is 1.45 bits per heavy atom. The fraction of sp³-hybridized carbons (Fsp3) is 0.818. The molecule has 33 heavy (non-hydrogen) atoms. The summed E-state index contributed by atoms with van der Waals surface area (Å²) in [5, 5.41) is 0. The topological polar surface area (TPSA) is 117 Å². The van der Waals surface area contributed by atoms with Crippen LogP contribution in [0.15, 0.2) is 12.2 Å². The Kier molecular flexibility index (Phi) is 6.85. The minimum atomic E-state index is -0.810. The van der Waals surface area contributed by atoms with E-state index >= 15 is 0 Å². The molecular formula is C22H32O11. The number of ether oxygens (including phenoxy) is 9. The summed E-state index contributed by atoms with van der Waals surface area (Å²) in [4.78, 5) is 22.6. The van der Waals surface area contributed by atoms with Gasteiger partial charge in [0.05, 0.1) is 6.61 Å². The zero-order valence-corrected chi connectivity index (χ0v) is 19.7. The minimum absolute atomic E-state index is 0.0860. The predicted molar refractivity (Wildman–Crippen MR) is 108 cm³/mol. The van der Waals surface area contributed by atoms with Crippen molar-refractivity contribution in [3.63, 3.8) is 0 Å². The molecule has 3 saturated heterocycles. The molecule has 4 rings (SSSR count). The normalized spacial score (nSPS) is 40.7. The van der Waals surface area contributed by atoms with Crippen LogP contribution in [0.4, 0.5) is 0 Å². The molecule has 186 valence electrons. The van der Waals surface area contributed by atoms with E-state index in [2.05, 4.69) is 0 Å². The first kappa shape index (κ1) is 24.5. The molecule has 0 bridgehead atoms. The fourth-order valence-corrected chi connectivity index (χ4v) is 4.37. The number of carbonyl (C=O) groups excluding carboxylic acids is 2. The van der Waals surface area contributed by atoms with Crippen LogP contribution in [0, 0.1) is 0 Å². The van der Waals surface area contributed by atoms with Gasteiger partial charge < -0.3 is 42.6 Å². The second kappa shape index (κ2) is 9.21. The van der Waals surface area contributed by atoms with E-state index in [1.807, 2.05) is 27.7 Å². The third kappa shape index (κ3) is 5.73. The molecule has 4 heterocycles. The standard InChI is InChI=1S/C22H32O11/c1-11(23)25-9-14-13(27-12(2)24)7-8-16(28-14)26-10-15-17-18(31-21(3,4)30-17)19-20(29-15)33-22(5,6)32-19/h7-8,13-20H,9-10H2,1-6H3/t13-,14+,15+,16-,17-,18-,19+,20-/m0/s1. The third-order valence-electron chi connectivity index (χ3n) is 5.56. The Morgan fingerprint density at radius 3 is 2.15 bits per heavy atom. The summed E-state index contributed by atoms with van der Waals surface area (Å²) in [5.74, 6) is -2.56. The fourth-order valence-electron chi connectivity index (χ4n) is 4.37. The lowest BCUT2D eigenvalue weighted by Gasteiger charge is -2.38. The molecule has 0 aromatic heterocycles. The average Bonchev–Trinajstić information content (AvgIpc) is 3.19. The van der Waals surface area contributed by atoms with E-state index < -0.39 is 66.6 Å². The third-order valence-corrected chi connectivity index (χ3v) is 5.56. The molecule has 8 atom stereocenters. The maximum Gasteiger partial charge on any atom is 0.303 e. The minimum Gasteiger partial charge on any atom is -0.463 e. The lowest BCUT2D eigenvalue weighted by Crippen LogP contribution is -2.56. The largest absolute Gasteiger partial charge is 0.463 e. The van der Waals surface area contributed by atoms with Crippen LogP contribution in [0.2, 0.25) is 0 Å². The number of esters is 2. The van der Waals surface area contributed by atoms with Gasteiger partial charge in [0.1, 0.15) is 43.2 Å². The van der Waals surface area contributed by atoms with Crippen molar-refractivity contribution < 1.29 is 52.2 Å². The van der Waals surface area contributed by atoms with Gasteiger partial charge in [-0.1, -0.05) is 0 Å². The van der Waals surface area contributed by atoms with E-state index in [4.69, 9.17) is 42.6 Å². The summed E-state index contributed by atoms with van der Waals surface area (Å²) in [7, 11) is 0. The van der Waals surface area contributed by atoms with E-state index in [0.29, 0.717) is 0 Å². The van der Waals surface area contributed by atoms with E-state index in [1.54, 1.807) is 12.2 Å². The zero-order chi connectivity index (χ0) is 24.0. The van der Waals surface area contributed by atoms with Crippen LogP contribution in [0.5, 0.6) is 0 Å². The van der Waals surface area contributed by atoms with Gasteiger partial charge in [0.25, 0.3) is 0 Å². The molecule has 0 aliphatic carbocycles. The summed E-state index contributed by atoms with van der Waals surface area (Å²) in [6.45, 7) is 9.92. The summed E-state index contributed by atoms with van der Waals surface area (Å²) < 4.78 is 52.3. The van der Waals surface area contributed by atoms with Crippen LogP contribution in [-0.4, -0.2) is 85.9 Å². The molecule has 0 aromatic carbocycles. The summed E-state index contributed by atoms with van der Waals surface area (Å²) in [6, 6.07) is 0. The molecule has 11 nitrogen and oxygen atoms in total. The Labute approximate surface area is 192 Å². The highest BCUT2D eigenvalue weighted by Crippen LogP contribution is 2.44. The molecule has 11 heteroatoms. The second-order valence-electron chi connectivity index (χ2n) is 9.35. The maximum absolute atomic E-state index is 11.4. The number of fused-ring (bicyclic) bond motifs is 3. The first-order chi connectivity index (χ1) is 15.4. The van der Waals surface area contributed by atoms with Crippen LogP contribution in [0.25, 0.3) is 0 Å². The van der Waals surface area contributed by atoms with Gasteiger partial charge in [-0.15, -0.1) is 0 Å². The molecule has 4 aliphatic rings. The van der Waals surface area contributed by atoms with Crippen molar-refractivity contribution in [2.24, 2.45) is 0 Å². The maximum atomic E-state index is 11.4. The SMILES string of the molecule is CC(=O)OC[C@H]1O[C@H](OC[C@H]2O[C@H]3OC(C)(C)O[C@@H]3[C@H]3OC(C)(C)O[C@H]32)C=C[C@@H]1OC(C)=O. The number of carbonyl (C=O) groups is 2. The first-order valence-corrected chi connectivity index (χ1v) is 11.1. The molecule has 3 fully saturated rings. The second-order valence-corrected chi connectivity index (χ2v) is 9.35. The first-order valence-electron chi connectivity index (χ1n) is 11.1. The Balaban J connectivity index is 1.41. The van der Waals surface area contributed by atoms with Crippen molar-refractivity contribution >= 4 is 11.9 Å². The van der Waals surface area contributed by atoms with Gasteiger partial charge in [0, 0.05) is 13.8 Å². The molecule has 0 saturated carbocycles. The van der Waals surface area contributed by atoms with Crippen LogP contribution < -0.4 is 0 Å². The van der Waals surface area contributed by atoms with Crippen molar-refractivity contribution in [3.8, 4) is 0 Å². The number of hydrogen-bond donors (Lipinski definition) is 0. The van der Waals surface area contributed by atoms with E-state index in [1.165, 1.54) is 13.8 Å². The van der Waals surface area contributed by atoms with Crippen LogP contribution in [-0.2, 0) is 52.2 Å². The van der Waals surface area contributed by atoms with Gasteiger partial charge in [0.2, 0.25) is 0 Å². The Bertz CT molecular complexity index is 778. The summed E-state index contributed by atoms with van der Waals surface area (Å²) >= 11 is 0. The average molecular weight is 472 g/mol. The highest BCUT2D eigenvalue weighted by molar-refractivity contribution is 5.66. The summed E-state index contributed by atoms with van der Waals surface area (Å²) in [6.07, 6.45) is -1.28. The monoisotopic (exact) mass is 472 g/mol. The van der Waals surface area contributed by atoms with Gasteiger partial charge in [-0.05, 0) is 39.8 Å². The van der Waals surface area contributed by atoms with E-state index in [9.17, 15) is 9.59 Å². The molecule has 0 aromatic rings. The lowest BCUT2D eigenvalue weighted by atomic mass is 9.99. The van der Waals surface area contributed by atoms with Crippen LogP contribution in [0.3, 0.4) is 0 Å². The predicted octanol–water partition coefficient (Wildman–Crippen LogP) is 1.18. The van der Waals surface area contributed by atoms with E-state index in [0.717, 1.165) is 0 Å². The molecule has 0 amide bonds. The van der Waals surface area contributed by atoms with Gasteiger partial charge in [-0.3, -0.25) is 9.59 Å². The van der Waals surface area contributed by atoms with Gasteiger partial charge in [0.15, 0.2) is 24.2 Å². The number of hydrogen-bond acceptors (Lipinski definition) is 11. The smallest absolute Gasteiger partial charge is 0.303 e. The molecular weight excluding hydrogens is 440 g/mol. The highest BCUT2D eigenvalue weighted by Gasteiger charge is 2.60. The quantitative estimate of drug-likeness (QED) is 0.410. The molecule has 0 radical (unpaired) electrons. The highest BCUT2D eigenvalue weighted by atomic mass is 16.9. The van der Waals surface area contributed by atoms with E-state index in [-0.39, 0.29) is 19.3 Å². The van der Waals surface area contributed by atoms with Crippen molar-refractivity contribution in [3.05, 3.63) is 12.2 Å². The van der Waals surface area contributed by atoms with Crippen molar-refractivity contribution in [1.82, 2.24) is 0 Å². The molecule has 0 N–H and O–H groups in total. The number of rotatable bonds is 6. The van der Waals surface area contributed by atoms with Crippen LogP contribution >= 0.6 is 0 Å². The van der Waals surface area contributed by atoms with Crippen molar-refractivity contribution in [2.75, 3.05) is 13.2 Å². The van der Waals surface area contributed by atoms with Crippen molar-refractivity contribution in [1.29, 1.82) is 0 Å². The summed E-state index contributed by atoms with van der Waals surface area (Å²) in [5.41, 5.74) is 0. The lowest BCUT2D eigenvalue weighted by molar-refractivity contribution is -0.259. The molecule has 0 unspecified atom stereocenters. The van der Waals surface area contributed by atoms with Gasteiger partial charge in [-0.2, -0.15) is 0 Å². The zero-order valence-electron chi connectivity index (χ0n) is 19.7.